The Morgan fingerprint density at radius 2 is 2.30 bits per heavy atom. The minimum absolute atomic E-state index is 0.434. The van der Waals surface area contributed by atoms with Crippen molar-refractivity contribution in [3.63, 3.8) is 0 Å². The van der Waals surface area contributed by atoms with Gasteiger partial charge in [0.1, 0.15) is 5.71 Å². The molecule has 4 heteroatoms. The third kappa shape index (κ3) is 1.44. The van der Waals surface area contributed by atoms with E-state index in [1.165, 1.54) is 0 Å². The number of nitrogens with zero attached hydrogens (tertiary/aromatic N) is 2. The zero-order chi connectivity index (χ0) is 7.56. The van der Waals surface area contributed by atoms with Gasteiger partial charge in [0.25, 0.3) is 0 Å². The summed E-state index contributed by atoms with van der Waals surface area (Å²) in [6.07, 6.45) is 0. The van der Waals surface area contributed by atoms with Crippen molar-refractivity contribution in [2.24, 2.45) is 8.80 Å². The Bertz CT molecular complexity index is 220. The van der Waals surface area contributed by atoms with Crippen molar-refractivity contribution in [1.29, 1.82) is 0 Å². The van der Waals surface area contributed by atoms with Crippen molar-refractivity contribution < 1.29 is 4.74 Å². The monoisotopic (exact) mass is 158 g/mol. The Morgan fingerprint density at radius 3 is 2.70 bits per heavy atom. The molecular weight excluding hydrogens is 148 g/mol. The molecule has 0 saturated heterocycles. The Labute approximate surface area is 63.0 Å². The maximum absolute atomic E-state index is 5.17. The lowest BCUT2D eigenvalue weighted by Gasteiger charge is -1.98. The molecule has 56 valence electrons. The SMILES string of the molecule is C=S1N=C(C)C(OCC)=N1. The number of rotatable bonds is 1. The van der Waals surface area contributed by atoms with Crippen LogP contribution in [0.25, 0.3) is 0 Å². The second-order valence-corrected chi connectivity index (χ2v) is 2.89. The lowest BCUT2D eigenvalue weighted by atomic mass is 10.4. The zero-order valence-corrected chi connectivity index (χ0v) is 6.94. The fourth-order valence-electron chi connectivity index (χ4n) is 0.647. The van der Waals surface area contributed by atoms with Gasteiger partial charge in [0.05, 0.1) is 6.61 Å². The minimum atomic E-state index is -0.434. The topological polar surface area (TPSA) is 34.0 Å². The predicted octanol–water partition coefficient (Wildman–Crippen LogP) is 1.43. The van der Waals surface area contributed by atoms with Gasteiger partial charge in [-0.1, -0.05) is 0 Å². The van der Waals surface area contributed by atoms with Crippen LogP contribution in [0.2, 0.25) is 0 Å². The first kappa shape index (κ1) is 7.47. The van der Waals surface area contributed by atoms with Crippen molar-refractivity contribution in [2.45, 2.75) is 13.8 Å². The fourth-order valence-corrected chi connectivity index (χ4v) is 1.46. The molecular formula is C6H10N2OS. The van der Waals surface area contributed by atoms with E-state index in [9.17, 15) is 0 Å². The summed E-state index contributed by atoms with van der Waals surface area (Å²) < 4.78 is 13.3. The second kappa shape index (κ2) is 2.96. The van der Waals surface area contributed by atoms with Crippen molar-refractivity contribution in [3.8, 4) is 0 Å². The molecule has 10 heavy (non-hydrogen) atoms. The van der Waals surface area contributed by atoms with E-state index in [4.69, 9.17) is 4.74 Å². The molecule has 1 atom stereocenters. The lowest BCUT2D eigenvalue weighted by molar-refractivity contribution is 0.335. The normalized spacial score (nSPS) is 24.0. The van der Waals surface area contributed by atoms with Gasteiger partial charge in [-0.05, 0) is 19.7 Å². The van der Waals surface area contributed by atoms with Gasteiger partial charge in [0.2, 0.25) is 5.90 Å². The molecule has 1 unspecified atom stereocenters. The maximum atomic E-state index is 5.17. The van der Waals surface area contributed by atoms with Crippen molar-refractivity contribution in [2.75, 3.05) is 6.61 Å². The molecule has 1 rings (SSSR count). The smallest absolute Gasteiger partial charge is 0.244 e. The van der Waals surface area contributed by atoms with Crippen molar-refractivity contribution in [1.82, 2.24) is 0 Å². The van der Waals surface area contributed by atoms with Crippen LogP contribution in [0.5, 0.6) is 0 Å². The van der Waals surface area contributed by atoms with Gasteiger partial charge in [0.15, 0.2) is 0 Å². The van der Waals surface area contributed by atoms with Crippen LogP contribution < -0.4 is 0 Å². The fraction of sp³-hybridized carbons (Fsp3) is 0.500. The van der Waals surface area contributed by atoms with E-state index in [0.717, 1.165) is 5.71 Å². The van der Waals surface area contributed by atoms with Gasteiger partial charge in [-0.25, -0.2) is 4.40 Å². The van der Waals surface area contributed by atoms with E-state index in [-0.39, 0.29) is 0 Å². The maximum Gasteiger partial charge on any atom is 0.244 e. The van der Waals surface area contributed by atoms with Crippen LogP contribution in [-0.2, 0) is 4.74 Å². The van der Waals surface area contributed by atoms with Gasteiger partial charge in [-0.15, -0.1) is 0 Å². The zero-order valence-electron chi connectivity index (χ0n) is 6.13. The molecule has 0 amide bonds. The Balaban J connectivity index is 2.70. The van der Waals surface area contributed by atoms with E-state index >= 15 is 0 Å². The summed E-state index contributed by atoms with van der Waals surface area (Å²) >= 11 is 0. The lowest BCUT2D eigenvalue weighted by Crippen LogP contribution is -2.10. The van der Waals surface area contributed by atoms with E-state index in [2.05, 4.69) is 14.7 Å². The van der Waals surface area contributed by atoms with Crippen LogP contribution >= 0.6 is 10.9 Å². The molecule has 0 aliphatic carbocycles. The first-order valence-electron chi connectivity index (χ1n) is 3.05. The summed E-state index contributed by atoms with van der Waals surface area (Å²) in [5.41, 5.74) is 0.861. The molecule has 1 aliphatic heterocycles. The molecule has 1 heterocycles. The molecule has 0 N–H and O–H groups in total. The average Bonchev–Trinajstić information content (AvgIpc) is 2.13. The van der Waals surface area contributed by atoms with Gasteiger partial charge in [0, 0.05) is 10.9 Å². The van der Waals surface area contributed by atoms with Crippen LogP contribution in [0.3, 0.4) is 0 Å². The summed E-state index contributed by atoms with van der Waals surface area (Å²) in [4.78, 5) is 0. The molecule has 0 aromatic heterocycles. The highest BCUT2D eigenvalue weighted by atomic mass is 32.2. The third-order valence-electron chi connectivity index (χ3n) is 1.02. The highest BCUT2D eigenvalue weighted by Crippen LogP contribution is 2.20. The molecule has 0 aromatic carbocycles. The van der Waals surface area contributed by atoms with Gasteiger partial charge in [-0.3, -0.25) is 0 Å². The highest BCUT2D eigenvalue weighted by molar-refractivity contribution is 8.12. The Hall–Kier alpha value is -0.640. The standard InChI is InChI=1S/C6H10N2OS/c1-4-9-6-5(2)7-10(3)8-6/h3-4H2,1-2H3. The number of hydrogen-bond acceptors (Lipinski definition) is 3. The summed E-state index contributed by atoms with van der Waals surface area (Å²) in [6.45, 7) is 4.45. The van der Waals surface area contributed by atoms with E-state index in [1.807, 2.05) is 13.8 Å². The highest BCUT2D eigenvalue weighted by Gasteiger charge is 2.10. The largest absolute Gasteiger partial charge is 0.476 e. The van der Waals surface area contributed by atoms with E-state index in [0.29, 0.717) is 12.5 Å². The average molecular weight is 158 g/mol. The van der Waals surface area contributed by atoms with Gasteiger partial charge in [-0.2, -0.15) is 4.40 Å². The van der Waals surface area contributed by atoms with Gasteiger partial charge < -0.3 is 4.74 Å². The molecule has 1 aliphatic rings. The summed E-state index contributed by atoms with van der Waals surface area (Å²) in [6, 6.07) is 0. The summed E-state index contributed by atoms with van der Waals surface area (Å²) in [5, 5.41) is 0. The van der Waals surface area contributed by atoms with E-state index < -0.39 is 10.9 Å². The molecule has 0 radical (unpaired) electrons. The quantitative estimate of drug-likeness (QED) is 0.531. The molecule has 3 nitrogen and oxygen atoms in total. The minimum Gasteiger partial charge on any atom is -0.476 e. The molecule has 0 spiro atoms. The molecule has 0 bridgehead atoms. The van der Waals surface area contributed by atoms with Crippen molar-refractivity contribution >= 4 is 28.3 Å². The van der Waals surface area contributed by atoms with Crippen LogP contribution in [-0.4, -0.2) is 24.1 Å². The predicted molar refractivity (Wildman–Crippen MR) is 46.9 cm³/mol. The second-order valence-electron chi connectivity index (χ2n) is 1.85. The van der Waals surface area contributed by atoms with Crippen molar-refractivity contribution in [3.05, 3.63) is 0 Å². The molecule has 0 fully saturated rings. The first-order valence-corrected chi connectivity index (χ1v) is 4.36. The van der Waals surface area contributed by atoms with Crippen LogP contribution in [0.15, 0.2) is 8.80 Å². The third-order valence-corrected chi connectivity index (χ3v) is 1.88. The Kier molecular flexibility index (Phi) is 2.21. The Morgan fingerprint density at radius 1 is 1.60 bits per heavy atom. The van der Waals surface area contributed by atoms with E-state index in [1.54, 1.807) is 0 Å². The van der Waals surface area contributed by atoms with Crippen LogP contribution in [0.1, 0.15) is 13.8 Å². The first-order chi connectivity index (χ1) is 4.74. The number of hydrogen-bond donors (Lipinski definition) is 0. The van der Waals surface area contributed by atoms with Crippen LogP contribution in [0.4, 0.5) is 0 Å². The van der Waals surface area contributed by atoms with Crippen LogP contribution in [0, 0.1) is 0 Å². The summed E-state index contributed by atoms with van der Waals surface area (Å²) in [5.74, 6) is 4.35. The molecule has 0 aromatic rings. The van der Waals surface area contributed by atoms with Gasteiger partial charge >= 0.3 is 0 Å². The summed E-state index contributed by atoms with van der Waals surface area (Å²) in [7, 11) is -0.434. The number of ether oxygens (including phenoxy) is 1. The molecule has 0 saturated carbocycles.